The van der Waals surface area contributed by atoms with E-state index in [1.54, 1.807) is 0 Å². The number of nitrogens with zero attached hydrogens (tertiary/aromatic N) is 2. The van der Waals surface area contributed by atoms with Crippen LogP contribution in [0.3, 0.4) is 0 Å². The Morgan fingerprint density at radius 2 is 1.87 bits per heavy atom. The van der Waals surface area contributed by atoms with Crippen LogP contribution in [0.15, 0.2) is 23.0 Å². The van der Waals surface area contributed by atoms with Crippen molar-refractivity contribution in [2.24, 2.45) is 12.5 Å². The molecule has 1 heterocycles. The molecule has 122 valence electrons. The molecule has 0 amide bonds. The Balaban J connectivity index is 2.05. The quantitative estimate of drug-likeness (QED) is 0.783. The van der Waals surface area contributed by atoms with Crippen LogP contribution in [0.4, 0.5) is 0 Å². The Morgan fingerprint density at radius 3 is 2.52 bits per heavy atom. The van der Waals surface area contributed by atoms with Gasteiger partial charge in [-0.2, -0.15) is 0 Å². The summed E-state index contributed by atoms with van der Waals surface area (Å²) >= 11 is 0. The van der Waals surface area contributed by atoms with Crippen LogP contribution in [0.25, 0.3) is 5.69 Å². The minimum atomic E-state index is 0.101. The predicted octanol–water partition coefficient (Wildman–Crippen LogP) is 3.97. The first-order chi connectivity index (χ1) is 10.7. The van der Waals surface area contributed by atoms with Gasteiger partial charge in [0, 0.05) is 18.0 Å². The minimum Gasteiger partial charge on any atom is -0.284 e. The van der Waals surface area contributed by atoms with Crippen LogP contribution in [0.5, 0.6) is 0 Å². The Labute approximate surface area is 137 Å². The number of aromatic nitrogens is 2. The van der Waals surface area contributed by atoms with E-state index < -0.39 is 0 Å². The summed E-state index contributed by atoms with van der Waals surface area (Å²) in [6.07, 6.45) is 2.32. The van der Waals surface area contributed by atoms with Crippen LogP contribution in [-0.2, 0) is 12.5 Å². The molecule has 1 aromatic heterocycles. The minimum absolute atomic E-state index is 0.101. The average Bonchev–Trinajstić information content (AvgIpc) is 2.94. The summed E-state index contributed by atoms with van der Waals surface area (Å²) in [6, 6.07) is 6.21. The molecule has 2 aliphatic carbocycles. The maximum Gasteiger partial charge on any atom is 0.275 e. The van der Waals surface area contributed by atoms with Crippen LogP contribution in [-0.4, -0.2) is 9.36 Å². The van der Waals surface area contributed by atoms with Crippen molar-refractivity contribution in [3.05, 3.63) is 50.9 Å². The topological polar surface area (TPSA) is 26.9 Å². The number of hydrogen-bond donors (Lipinski definition) is 0. The lowest BCUT2D eigenvalue weighted by Crippen LogP contribution is -2.35. The third-order valence-corrected chi connectivity index (χ3v) is 7.20. The van der Waals surface area contributed by atoms with Crippen LogP contribution in [0.1, 0.15) is 61.9 Å². The highest BCUT2D eigenvalue weighted by Crippen LogP contribution is 2.66. The van der Waals surface area contributed by atoms with Crippen molar-refractivity contribution < 1.29 is 0 Å². The molecular formula is C20H26N2O. The molecule has 1 fully saturated rings. The lowest BCUT2D eigenvalue weighted by Gasteiger charge is -2.36. The SMILES string of the molecule is Cc1cccc(-n2c(=O)c3c(n2C)C2(C)CCC3C2(C)C)c1C. The second-order valence-corrected chi connectivity index (χ2v) is 8.27. The normalized spacial score (nSPS) is 27.5. The molecule has 23 heavy (non-hydrogen) atoms. The van der Waals surface area contributed by atoms with Crippen LogP contribution >= 0.6 is 0 Å². The number of rotatable bonds is 1. The van der Waals surface area contributed by atoms with Crippen molar-refractivity contribution in [1.82, 2.24) is 9.36 Å². The highest BCUT2D eigenvalue weighted by molar-refractivity contribution is 5.50. The maximum absolute atomic E-state index is 13.3. The summed E-state index contributed by atoms with van der Waals surface area (Å²) in [6.45, 7) is 11.2. The van der Waals surface area contributed by atoms with Crippen molar-refractivity contribution in [3.63, 3.8) is 0 Å². The van der Waals surface area contributed by atoms with Crippen LogP contribution < -0.4 is 5.56 Å². The van der Waals surface area contributed by atoms with Crippen LogP contribution in [0, 0.1) is 19.3 Å². The monoisotopic (exact) mass is 310 g/mol. The lowest BCUT2D eigenvalue weighted by atomic mass is 9.70. The molecule has 0 radical (unpaired) electrons. The molecule has 0 aliphatic heterocycles. The lowest BCUT2D eigenvalue weighted by molar-refractivity contribution is 0.218. The number of benzene rings is 1. The van der Waals surface area contributed by atoms with E-state index in [4.69, 9.17) is 0 Å². The summed E-state index contributed by atoms with van der Waals surface area (Å²) in [5.41, 5.74) is 6.25. The first kappa shape index (κ1) is 14.8. The van der Waals surface area contributed by atoms with Crippen molar-refractivity contribution in [2.45, 2.75) is 58.8 Å². The summed E-state index contributed by atoms with van der Waals surface area (Å²) in [4.78, 5) is 13.3. The molecule has 0 N–H and O–H groups in total. The molecule has 2 aromatic rings. The first-order valence-electron chi connectivity index (χ1n) is 8.61. The molecule has 2 unspecified atom stereocenters. The molecule has 3 nitrogen and oxygen atoms in total. The zero-order chi connectivity index (χ0) is 16.7. The molecule has 2 aliphatic rings. The van der Waals surface area contributed by atoms with Crippen molar-refractivity contribution >= 4 is 0 Å². The fourth-order valence-electron chi connectivity index (χ4n) is 5.26. The molecule has 0 saturated heterocycles. The van der Waals surface area contributed by atoms with E-state index >= 15 is 0 Å². The molecular weight excluding hydrogens is 284 g/mol. The predicted molar refractivity (Wildman–Crippen MR) is 93.6 cm³/mol. The Hall–Kier alpha value is -1.77. The fourth-order valence-corrected chi connectivity index (χ4v) is 5.26. The highest BCUT2D eigenvalue weighted by atomic mass is 16.1. The molecule has 4 rings (SSSR count). The standard InChI is InChI=1S/C20H26N2O/c1-12-8-7-9-15(13(12)2)22-18(23)16-14-10-11-20(5,19(14,3)4)17(16)21(22)6/h7-9,14H,10-11H2,1-6H3. The Morgan fingerprint density at radius 1 is 1.17 bits per heavy atom. The Kier molecular flexibility index (Phi) is 2.70. The number of hydrogen-bond acceptors (Lipinski definition) is 1. The number of fused-ring (bicyclic) bond motifs is 5. The molecule has 0 spiro atoms. The zero-order valence-electron chi connectivity index (χ0n) is 15.0. The van der Waals surface area contributed by atoms with E-state index in [0.717, 1.165) is 17.7 Å². The van der Waals surface area contributed by atoms with Crippen LogP contribution in [0.2, 0.25) is 0 Å². The van der Waals surface area contributed by atoms with E-state index in [1.165, 1.54) is 23.2 Å². The molecule has 3 heteroatoms. The van der Waals surface area contributed by atoms with E-state index in [0.29, 0.717) is 5.92 Å². The zero-order valence-corrected chi connectivity index (χ0v) is 15.0. The maximum atomic E-state index is 13.3. The molecule has 1 aromatic carbocycles. The smallest absolute Gasteiger partial charge is 0.275 e. The van der Waals surface area contributed by atoms with Gasteiger partial charge >= 0.3 is 0 Å². The molecule has 2 atom stereocenters. The third-order valence-electron chi connectivity index (χ3n) is 7.20. The largest absolute Gasteiger partial charge is 0.284 e. The van der Waals surface area contributed by atoms with Gasteiger partial charge in [0.15, 0.2) is 0 Å². The first-order valence-corrected chi connectivity index (χ1v) is 8.61. The van der Waals surface area contributed by atoms with Gasteiger partial charge in [0.1, 0.15) is 0 Å². The van der Waals surface area contributed by atoms with Gasteiger partial charge in [0.05, 0.1) is 11.4 Å². The van der Waals surface area contributed by atoms with E-state index in [-0.39, 0.29) is 16.4 Å². The fraction of sp³-hybridized carbons (Fsp3) is 0.550. The average molecular weight is 310 g/mol. The van der Waals surface area contributed by atoms with Crippen molar-refractivity contribution in [3.8, 4) is 5.69 Å². The van der Waals surface area contributed by atoms with Gasteiger partial charge in [-0.1, -0.05) is 32.9 Å². The molecule has 1 saturated carbocycles. The highest BCUT2D eigenvalue weighted by Gasteiger charge is 2.62. The second kappa shape index (κ2) is 4.19. The third kappa shape index (κ3) is 1.49. The van der Waals surface area contributed by atoms with E-state index in [2.05, 4.69) is 58.5 Å². The molecule has 2 bridgehead atoms. The van der Waals surface area contributed by atoms with Crippen molar-refractivity contribution in [1.29, 1.82) is 0 Å². The Bertz CT molecular complexity index is 884. The van der Waals surface area contributed by atoms with Gasteiger partial charge in [-0.15, -0.1) is 0 Å². The second-order valence-electron chi connectivity index (χ2n) is 8.27. The van der Waals surface area contributed by atoms with Gasteiger partial charge in [0.25, 0.3) is 5.56 Å². The number of aryl methyl sites for hydroxylation is 1. The van der Waals surface area contributed by atoms with E-state index in [9.17, 15) is 4.79 Å². The van der Waals surface area contributed by atoms with Gasteiger partial charge in [-0.25, -0.2) is 4.68 Å². The van der Waals surface area contributed by atoms with E-state index in [1.807, 2.05) is 10.7 Å². The van der Waals surface area contributed by atoms with Gasteiger partial charge in [-0.05, 0) is 55.2 Å². The summed E-state index contributed by atoms with van der Waals surface area (Å²) in [7, 11) is 2.06. The summed E-state index contributed by atoms with van der Waals surface area (Å²) < 4.78 is 4.04. The van der Waals surface area contributed by atoms with Gasteiger partial charge < -0.3 is 0 Å². The summed E-state index contributed by atoms with van der Waals surface area (Å²) in [5.74, 6) is 0.396. The van der Waals surface area contributed by atoms with Gasteiger partial charge in [-0.3, -0.25) is 9.48 Å². The summed E-state index contributed by atoms with van der Waals surface area (Å²) in [5, 5.41) is 0. The van der Waals surface area contributed by atoms with Gasteiger partial charge in [0.2, 0.25) is 0 Å². The van der Waals surface area contributed by atoms with Crippen molar-refractivity contribution in [2.75, 3.05) is 0 Å².